The number of para-hydroxylation sites is 1. The number of H-pyrrole nitrogens is 1. The smallest absolute Gasteiger partial charge is 0.356 e. The second-order valence-corrected chi connectivity index (χ2v) is 6.07. The molecule has 2 aromatic carbocycles. The van der Waals surface area contributed by atoms with Crippen molar-refractivity contribution in [3.05, 3.63) is 59.2 Å². The molecule has 5 nitrogen and oxygen atoms in total. The molecule has 25 heavy (non-hydrogen) atoms. The third kappa shape index (κ3) is 3.92. The molecule has 7 heteroatoms. The Hall–Kier alpha value is -2.57. The van der Waals surface area contributed by atoms with Crippen LogP contribution in [-0.2, 0) is 4.74 Å². The second kappa shape index (κ2) is 7.55. The van der Waals surface area contributed by atoms with Crippen molar-refractivity contribution in [3.8, 4) is 0 Å². The molecule has 0 fully saturated rings. The van der Waals surface area contributed by atoms with Crippen LogP contribution >= 0.6 is 23.8 Å². The Morgan fingerprint density at radius 3 is 2.60 bits per heavy atom. The van der Waals surface area contributed by atoms with Crippen molar-refractivity contribution in [3.63, 3.8) is 0 Å². The Morgan fingerprint density at radius 2 is 1.88 bits per heavy atom. The van der Waals surface area contributed by atoms with Crippen molar-refractivity contribution in [1.82, 2.24) is 4.98 Å². The van der Waals surface area contributed by atoms with E-state index in [1.54, 1.807) is 19.1 Å². The highest BCUT2D eigenvalue weighted by Gasteiger charge is 2.19. The first-order chi connectivity index (χ1) is 12.1. The summed E-state index contributed by atoms with van der Waals surface area (Å²) < 4.78 is 5.12. The van der Waals surface area contributed by atoms with Crippen LogP contribution in [0.1, 0.15) is 17.4 Å². The molecule has 3 aromatic rings. The SMILES string of the molecule is CCOC(=O)c1[nH]c2ccccc2c1NC(=S)Nc1ccc(Cl)cc1. The van der Waals surface area contributed by atoms with E-state index in [2.05, 4.69) is 15.6 Å². The van der Waals surface area contributed by atoms with Crippen LogP contribution in [0.15, 0.2) is 48.5 Å². The molecule has 3 N–H and O–H groups in total. The number of rotatable bonds is 4. The van der Waals surface area contributed by atoms with E-state index in [-0.39, 0.29) is 0 Å². The molecule has 128 valence electrons. The Bertz CT molecular complexity index is 922. The number of carbonyl (C=O) groups excluding carboxylic acids is 1. The van der Waals surface area contributed by atoms with Gasteiger partial charge in [-0.3, -0.25) is 0 Å². The van der Waals surface area contributed by atoms with E-state index in [9.17, 15) is 4.79 Å². The Kier molecular flexibility index (Phi) is 5.21. The summed E-state index contributed by atoms with van der Waals surface area (Å²) in [4.78, 5) is 15.3. The predicted molar refractivity (Wildman–Crippen MR) is 106 cm³/mol. The number of carbonyl (C=O) groups is 1. The molecular formula is C18H16ClN3O2S. The molecule has 1 heterocycles. The van der Waals surface area contributed by atoms with E-state index >= 15 is 0 Å². The largest absolute Gasteiger partial charge is 0.461 e. The molecule has 0 spiro atoms. The van der Waals surface area contributed by atoms with E-state index < -0.39 is 5.97 Å². The number of esters is 1. The zero-order valence-corrected chi connectivity index (χ0v) is 15.0. The molecule has 0 unspecified atom stereocenters. The van der Waals surface area contributed by atoms with Gasteiger partial charge in [0.15, 0.2) is 5.11 Å². The van der Waals surface area contributed by atoms with Gasteiger partial charge < -0.3 is 20.4 Å². The van der Waals surface area contributed by atoms with E-state index in [1.807, 2.05) is 36.4 Å². The lowest BCUT2D eigenvalue weighted by molar-refractivity contribution is 0.0522. The van der Waals surface area contributed by atoms with Gasteiger partial charge in [0.2, 0.25) is 0 Å². The van der Waals surface area contributed by atoms with E-state index in [0.717, 1.165) is 16.6 Å². The molecule has 0 aliphatic rings. The van der Waals surface area contributed by atoms with Gasteiger partial charge in [-0.1, -0.05) is 29.8 Å². The molecule has 0 aliphatic carbocycles. The van der Waals surface area contributed by atoms with Crippen molar-refractivity contribution >= 4 is 57.2 Å². The van der Waals surface area contributed by atoms with Gasteiger partial charge in [0.05, 0.1) is 12.3 Å². The molecule has 1 aromatic heterocycles. The highest BCUT2D eigenvalue weighted by molar-refractivity contribution is 7.80. The third-order valence-corrected chi connectivity index (χ3v) is 3.98. The zero-order chi connectivity index (χ0) is 17.8. The van der Waals surface area contributed by atoms with Gasteiger partial charge in [-0.05, 0) is 49.5 Å². The lowest BCUT2D eigenvalue weighted by Crippen LogP contribution is -2.20. The molecule has 0 amide bonds. The van der Waals surface area contributed by atoms with Crippen LogP contribution in [0.2, 0.25) is 5.02 Å². The average Bonchev–Trinajstić information content (AvgIpc) is 2.96. The third-order valence-electron chi connectivity index (χ3n) is 3.53. The van der Waals surface area contributed by atoms with Crippen molar-refractivity contribution in [2.45, 2.75) is 6.92 Å². The number of anilines is 2. The normalized spacial score (nSPS) is 10.5. The second-order valence-electron chi connectivity index (χ2n) is 5.23. The minimum atomic E-state index is -0.435. The summed E-state index contributed by atoms with van der Waals surface area (Å²) in [5.41, 5.74) is 2.53. The topological polar surface area (TPSA) is 66.2 Å². The van der Waals surface area contributed by atoms with Gasteiger partial charge in [-0.25, -0.2) is 4.79 Å². The van der Waals surface area contributed by atoms with Crippen LogP contribution in [0.3, 0.4) is 0 Å². The number of halogens is 1. The van der Waals surface area contributed by atoms with Crippen molar-refractivity contribution in [2.24, 2.45) is 0 Å². The fourth-order valence-electron chi connectivity index (χ4n) is 2.44. The van der Waals surface area contributed by atoms with Gasteiger partial charge in [0.25, 0.3) is 0 Å². The quantitative estimate of drug-likeness (QED) is 0.452. The molecule has 0 atom stereocenters. The van der Waals surface area contributed by atoms with E-state index in [1.165, 1.54) is 0 Å². The van der Waals surface area contributed by atoms with Crippen LogP contribution in [0.25, 0.3) is 10.9 Å². The van der Waals surface area contributed by atoms with Gasteiger partial charge in [0, 0.05) is 21.6 Å². The number of aromatic amines is 1. The van der Waals surface area contributed by atoms with Gasteiger partial charge in [-0.15, -0.1) is 0 Å². The lowest BCUT2D eigenvalue weighted by Gasteiger charge is -2.11. The first kappa shape index (κ1) is 17.3. The van der Waals surface area contributed by atoms with Crippen molar-refractivity contribution in [1.29, 1.82) is 0 Å². The molecule has 3 rings (SSSR count). The minimum Gasteiger partial charge on any atom is -0.461 e. The number of ether oxygens (including phenoxy) is 1. The minimum absolute atomic E-state index is 0.293. The molecule has 0 saturated heterocycles. The van der Waals surface area contributed by atoms with Crippen LogP contribution in [0.4, 0.5) is 11.4 Å². The monoisotopic (exact) mass is 373 g/mol. The Labute approximate surface area is 155 Å². The number of hydrogen-bond donors (Lipinski definition) is 3. The fourth-order valence-corrected chi connectivity index (χ4v) is 2.78. The molecular weight excluding hydrogens is 358 g/mol. The van der Waals surface area contributed by atoms with Crippen LogP contribution in [-0.4, -0.2) is 22.7 Å². The van der Waals surface area contributed by atoms with Crippen molar-refractivity contribution < 1.29 is 9.53 Å². The highest BCUT2D eigenvalue weighted by atomic mass is 35.5. The predicted octanol–water partition coefficient (Wildman–Crippen LogP) is 4.81. The average molecular weight is 374 g/mol. The van der Waals surface area contributed by atoms with Crippen molar-refractivity contribution in [2.75, 3.05) is 17.2 Å². The summed E-state index contributed by atoms with van der Waals surface area (Å²) in [6, 6.07) is 14.7. The number of nitrogens with one attached hydrogen (secondary N) is 3. The number of thiocarbonyl (C=S) groups is 1. The van der Waals surface area contributed by atoms with Crippen LogP contribution < -0.4 is 10.6 Å². The number of benzene rings is 2. The molecule has 0 radical (unpaired) electrons. The molecule has 0 saturated carbocycles. The van der Waals surface area contributed by atoms with Gasteiger partial charge in [-0.2, -0.15) is 0 Å². The Morgan fingerprint density at radius 1 is 1.16 bits per heavy atom. The molecule has 0 aliphatic heterocycles. The maximum atomic E-state index is 12.2. The summed E-state index contributed by atoms with van der Waals surface area (Å²) in [5, 5.41) is 8.01. The first-order valence-electron chi connectivity index (χ1n) is 7.70. The maximum Gasteiger partial charge on any atom is 0.356 e. The lowest BCUT2D eigenvalue weighted by atomic mass is 10.2. The number of fused-ring (bicyclic) bond motifs is 1. The first-order valence-corrected chi connectivity index (χ1v) is 8.48. The standard InChI is InChI=1S/C18H16ClN3O2S/c1-2-24-17(23)16-15(13-5-3-4-6-14(13)21-16)22-18(25)20-12-9-7-11(19)8-10-12/h3-10,21H,2H2,1H3,(H2,20,22,25). The summed E-state index contributed by atoms with van der Waals surface area (Å²) in [7, 11) is 0. The van der Waals surface area contributed by atoms with E-state index in [4.69, 9.17) is 28.6 Å². The molecule has 0 bridgehead atoms. The zero-order valence-electron chi connectivity index (χ0n) is 13.4. The van der Waals surface area contributed by atoms with Crippen LogP contribution in [0.5, 0.6) is 0 Å². The maximum absolute atomic E-state index is 12.2. The summed E-state index contributed by atoms with van der Waals surface area (Å²) in [5.74, 6) is -0.435. The van der Waals surface area contributed by atoms with Crippen LogP contribution in [0, 0.1) is 0 Å². The van der Waals surface area contributed by atoms with Gasteiger partial charge >= 0.3 is 5.97 Å². The van der Waals surface area contributed by atoms with Gasteiger partial charge in [0.1, 0.15) is 5.69 Å². The fraction of sp³-hybridized carbons (Fsp3) is 0.111. The highest BCUT2D eigenvalue weighted by Crippen LogP contribution is 2.28. The number of aromatic nitrogens is 1. The summed E-state index contributed by atoms with van der Waals surface area (Å²) >= 11 is 11.3. The number of hydrogen-bond acceptors (Lipinski definition) is 3. The summed E-state index contributed by atoms with van der Waals surface area (Å²) in [6.07, 6.45) is 0. The Balaban J connectivity index is 1.88. The van der Waals surface area contributed by atoms with E-state index in [0.29, 0.717) is 28.1 Å². The summed E-state index contributed by atoms with van der Waals surface area (Å²) in [6.45, 7) is 2.06.